The molecule has 25 heavy (non-hydrogen) atoms. The number of hydrogen-bond donors (Lipinski definition) is 1. The summed E-state index contributed by atoms with van der Waals surface area (Å²) in [4.78, 5) is 17.6. The largest absolute Gasteiger partial charge is 0.379 e. The summed E-state index contributed by atoms with van der Waals surface area (Å²) >= 11 is 0. The molecule has 3 fully saturated rings. The van der Waals surface area contributed by atoms with E-state index < -0.39 is 0 Å². The first kappa shape index (κ1) is 20.9. The van der Waals surface area contributed by atoms with Crippen molar-refractivity contribution in [3.05, 3.63) is 0 Å². The van der Waals surface area contributed by atoms with Crippen LogP contribution in [0.2, 0.25) is 0 Å². The monoisotopic (exact) mass is 373 g/mol. The van der Waals surface area contributed by atoms with Gasteiger partial charge in [0.1, 0.15) is 0 Å². The zero-order valence-corrected chi connectivity index (χ0v) is 16.4. The fraction of sp³-hybridized carbons (Fsp3) is 0.947. The van der Waals surface area contributed by atoms with Gasteiger partial charge in [-0.05, 0) is 44.6 Å². The Labute approximate surface area is 159 Å². The minimum absolute atomic E-state index is 0. The Kier molecular flexibility index (Phi) is 9.53. The van der Waals surface area contributed by atoms with Crippen LogP contribution >= 0.6 is 12.4 Å². The number of rotatable bonds is 7. The van der Waals surface area contributed by atoms with E-state index in [2.05, 4.69) is 15.1 Å². The summed E-state index contributed by atoms with van der Waals surface area (Å²) in [7, 11) is 0. The number of carbonyl (C=O) groups excluding carboxylic acids is 1. The van der Waals surface area contributed by atoms with Crippen molar-refractivity contribution in [2.75, 3.05) is 52.5 Å². The van der Waals surface area contributed by atoms with Gasteiger partial charge in [-0.25, -0.2) is 0 Å². The lowest BCUT2D eigenvalue weighted by atomic mass is 10.0. The molecule has 3 aliphatic rings. The van der Waals surface area contributed by atoms with Gasteiger partial charge in [-0.3, -0.25) is 9.69 Å². The SMILES string of the molecule is Cl.O=C(CC1CCCC1)N(CCCN1CCOCC1)C1CCCNC1. The van der Waals surface area contributed by atoms with Gasteiger partial charge >= 0.3 is 0 Å². The second-order valence-corrected chi connectivity index (χ2v) is 7.75. The Bertz CT molecular complexity index is 379. The second kappa shape index (κ2) is 11.4. The number of halogens is 1. The third-order valence-corrected chi connectivity index (χ3v) is 5.95. The highest BCUT2D eigenvalue weighted by Crippen LogP contribution is 2.28. The van der Waals surface area contributed by atoms with E-state index in [1.54, 1.807) is 0 Å². The molecule has 5 nitrogen and oxygen atoms in total. The van der Waals surface area contributed by atoms with Crippen molar-refractivity contribution in [2.24, 2.45) is 5.92 Å². The van der Waals surface area contributed by atoms with Crippen molar-refractivity contribution in [1.29, 1.82) is 0 Å². The molecule has 3 rings (SSSR count). The van der Waals surface area contributed by atoms with Gasteiger partial charge in [-0.2, -0.15) is 0 Å². The molecule has 0 aromatic heterocycles. The maximum Gasteiger partial charge on any atom is 0.223 e. The number of nitrogens with one attached hydrogen (secondary N) is 1. The highest BCUT2D eigenvalue weighted by atomic mass is 35.5. The number of hydrogen-bond acceptors (Lipinski definition) is 4. The highest BCUT2D eigenvalue weighted by molar-refractivity contribution is 5.85. The number of nitrogens with zero attached hydrogens (tertiary/aromatic N) is 2. The van der Waals surface area contributed by atoms with Crippen LogP contribution in [0.5, 0.6) is 0 Å². The van der Waals surface area contributed by atoms with Crippen molar-refractivity contribution in [2.45, 2.75) is 57.4 Å². The van der Waals surface area contributed by atoms with Crippen LogP contribution in [0.25, 0.3) is 0 Å². The summed E-state index contributed by atoms with van der Waals surface area (Å²) in [6, 6.07) is 0.414. The number of amides is 1. The number of piperidine rings is 1. The first-order valence-corrected chi connectivity index (χ1v) is 10.1. The molecule has 1 atom stereocenters. The molecular weight excluding hydrogens is 338 g/mol. The molecule has 0 aromatic rings. The zero-order chi connectivity index (χ0) is 16.6. The molecule has 0 radical (unpaired) electrons. The molecule has 0 aromatic carbocycles. The van der Waals surface area contributed by atoms with E-state index in [1.807, 2.05) is 0 Å². The van der Waals surface area contributed by atoms with E-state index >= 15 is 0 Å². The molecule has 2 saturated heterocycles. The molecule has 6 heteroatoms. The maximum atomic E-state index is 12.9. The van der Waals surface area contributed by atoms with Crippen molar-refractivity contribution in [3.63, 3.8) is 0 Å². The lowest BCUT2D eigenvalue weighted by molar-refractivity contribution is -0.135. The normalized spacial score (nSPS) is 25.5. The van der Waals surface area contributed by atoms with E-state index in [1.165, 1.54) is 38.5 Å². The van der Waals surface area contributed by atoms with E-state index in [4.69, 9.17) is 4.74 Å². The number of carbonyl (C=O) groups is 1. The molecule has 0 bridgehead atoms. The van der Waals surface area contributed by atoms with Gasteiger partial charge in [-0.1, -0.05) is 12.8 Å². The molecule has 2 heterocycles. The molecule has 146 valence electrons. The van der Waals surface area contributed by atoms with Crippen molar-refractivity contribution in [3.8, 4) is 0 Å². The van der Waals surface area contributed by atoms with Gasteiger partial charge in [0.25, 0.3) is 0 Å². The lowest BCUT2D eigenvalue weighted by Gasteiger charge is -2.36. The van der Waals surface area contributed by atoms with Crippen LogP contribution in [-0.2, 0) is 9.53 Å². The Balaban J connectivity index is 0.00000225. The predicted octanol–water partition coefficient (Wildman–Crippen LogP) is 2.29. The van der Waals surface area contributed by atoms with E-state index in [-0.39, 0.29) is 12.4 Å². The second-order valence-electron chi connectivity index (χ2n) is 7.75. The average molecular weight is 374 g/mol. The standard InChI is InChI=1S/C19H35N3O2.ClH/c23-19(15-17-5-1-2-6-17)22(18-7-3-8-20-16-18)10-4-9-21-11-13-24-14-12-21;/h17-18,20H,1-16H2;1H. The molecule has 1 saturated carbocycles. The van der Waals surface area contributed by atoms with Crippen LogP contribution in [0.15, 0.2) is 0 Å². The smallest absolute Gasteiger partial charge is 0.223 e. The first-order chi connectivity index (χ1) is 11.8. The Hall–Kier alpha value is -0.360. The molecule has 1 unspecified atom stereocenters. The number of ether oxygens (including phenoxy) is 1. The Morgan fingerprint density at radius 2 is 1.88 bits per heavy atom. The minimum atomic E-state index is 0. The summed E-state index contributed by atoms with van der Waals surface area (Å²) in [5.41, 5.74) is 0. The van der Waals surface area contributed by atoms with E-state index in [0.29, 0.717) is 17.9 Å². The van der Waals surface area contributed by atoms with Crippen molar-refractivity contribution < 1.29 is 9.53 Å². The topological polar surface area (TPSA) is 44.8 Å². The Morgan fingerprint density at radius 1 is 1.12 bits per heavy atom. The molecule has 1 N–H and O–H groups in total. The summed E-state index contributed by atoms with van der Waals surface area (Å²) < 4.78 is 5.42. The molecular formula is C19H36ClN3O2. The maximum absolute atomic E-state index is 12.9. The number of morpholine rings is 1. The van der Waals surface area contributed by atoms with E-state index in [9.17, 15) is 4.79 Å². The van der Waals surface area contributed by atoms with Gasteiger partial charge in [0, 0.05) is 45.2 Å². The lowest BCUT2D eigenvalue weighted by Crippen LogP contribution is -2.50. The van der Waals surface area contributed by atoms with Crippen molar-refractivity contribution >= 4 is 18.3 Å². The van der Waals surface area contributed by atoms with Gasteiger partial charge in [0.15, 0.2) is 0 Å². The summed E-state index contributed by atoms with van der Waals surface area (Å²) in [5.74, 6) is 1.06. The van der Waals surface area contributed by atoms with Crippen LogP contribution in [0, 0.1) is 5.92 Å². The van der Waals surface area contributed by atoms with Crippen LogP contribution in [-0.4, -0.2) is 74.2 Å². The summed E-state index contributed by atoms with van der Waals surface area (Å²) in [6.07, 6.45) is 9.40. The van der Waals surface area contributed by atoms with Crippen molar-refractivity contribution in [1.82, 2.24) is 15.1 Å². The van der Waals surface area contributed by atoms with Crippen LogP contribution in [0.1, 0.15) is 51.4 Å². The van der Waals surface area contributed by atoms with Crippen LogP contribution in [0.3, 0.4) is 0 Å². The fourth-order valence-electron chi connectivity index (χ4n) is 4.48. The summed E-state index contributed by atoms with van der Waals surface area (Å²) in [5, 5.41) is 3.48. The van der Waals surface area contributed by atoms with Gasteiger partial charge in [0.2, 0.25) is 5.91 Å². The van der Waals surface area contributed by atoms with Crippen LogP contribution < -0.4 is 5.32 Å². The molecule has 1 amide bonds. The van der Waals surface area contributed by atoms with Gasteiger partial charge in [-0.15, -0.1) is 12.4 Å². The predicted molar refractivity (Wildman–Crippen MR) is 103 cm³/mol. The zero-order valence-electron chi connectivity index (χ0n) is 15.6. The van der Waals surface area contributed by atoms with Crippen LogP contribution in [0.4, 0.5) is 0 Å². The fourth-order valence-corrected chi connectivity index (χ4v) is 4.48. The molecule has 1 aliphatic carbocycles. The minimum Gasteiger partial charge on any atom is -0.379 e. The van der Waals surface area contributed by atoms with Gasteiger partial charge in [0.05, 0.1) is 13.2 Å². The highest BCUT2D eigenvalue weighted by Gasteiger charge is 2.28. The van der Waals surface area contributed by atoms with E-state index in [0.717, 1.165) is 65.3 Å². The summed E-state index contributed by atoms with van der Waals surface area (Å²) in [6.45, 7) is 7.91. The quantitative estimate of drug-likeness (QED) is 0.743. The molecule has 0 spiro atoms. The average Bonchev–Trinajstić information content (AvgIpc) is 3.13. The first-order valence-electron chi connectivity index (χ1n) is 10.1. The third-order valence-electron chi connectivity index (χ3n) is 5.95. The van der Waals surface area contributed by atoms with Gasteiger partial charge < -0.3 is 15.0 Å². The third kappa shape index (κ3) is 6.70. The molecule has 2 aliphatic heterocycles. The Morgan fingerprint density at radius 3 is 2.56 bits per heavy atom.